The maximum atomic E-state index is 12.5. The molecule has 1 N–H and O–H groups in total. The lowest BCUT2D eigenvalue weighted by Gasteiger charge is -2.26. The maximum Gasteiger partial charge on any atom is 0.275 e. The Morgan fingerprint density at radius 3 is 2.87 bits per heavy atom. The lowest BCUT2D eigenvalue weighted by Crippen LogP contribution is -2.36. The largest absolute Gasteiger partial charge is 0.332 e. The SMILES string of the molecule is O=C(c1csnn1)N1CCc2[nH]nc(-c3ccc(Cl)cc3)c2C1. The van der Waals surface area contributed by atoms with Crippen molar-refractivity contribution in [1.82, 2.24) is 24.7 Å². The van der Waals surface area contributed by atoms with Gasteiger partial charge in [0.15, 0.2) is 5.69 Å². The Morgan fingerprint density at radius 1 is 1.30 bits per heavy atom. The van der Waals surface area contributed by atoms with Crippen molar-refractivity contribution in [1.29, 1.82) is 0 Å². The van der Waals surface area contributed by atoms with E-state index in [-0.39, 0.29) is 5.91 Å². The molecule has 1 aliphatic rings. The number of nitrogens with zero attached hydrogens (tertiary/aromatic N) is 4. The predicted octanol–water partition coefficient (Wildman–Crippen LogP) is 2.78. The molecule has 0 unspecified atom stereocenters. The van der Waals surface area contributed by atoms with Crippen molar-refractivity contribution in [3.63, 3.8) is 0 Å². The maximum absolute atomic E-state index is 12.5. The van der Waals surface area contributed by atoms with E-state index in [4.69, 9.17) is 11.6 Å². The number of benzene rings is 1. The third kappa shape index (κ3) is 2.62. The molecule has 4 rings (SSSR count). The third-order valence-corrected chi connectivity index (χ3v) is 4.67. The molecule has 1 aliphatic heterocycles. The monoisotopic (exact) mass is 345 g/mol. The van der Waals surface area contributed by atoms with E-state index >= 15 is 0 Å². The molecule has 3 aromatic rings. The van der Waals surface area contributed by atoms with Crippen molar-refractivity contribution >= 4 is 29.0 Å². The first kappa shape index (κ1) is 14.3. The van der Waals surface area contributed by atoms with Gasteiger partial charge in [-0.25, -0.2) is 0 Å². The number of carbonyl (C=O) groups is 1. The molecule has 116 valence electrons. The van der Waals surface area contributed by atoms with Gasteiger partial charge in [-0.15, -0.1) is 5.10 Å². The standard InChI is InChI=1S/C15H12ClN5OS/c16-10-3-1-9(2-4-10)14-11-7-21(6-5-12(11)17-19-14)15(22)13-8-23-20-18-13/h1-4,8H,5-7H2,(H,17,19). The van der Waals surface area contributed by atoms with E-state index in [1.807, 2.05) is 24.3 Å². The summed E-state index contributed by atoms with van der Waals surface area (Å²) >= 11 is 7.13. The Labute approximate surface area is 141 Å². The molecule has 3 heterocycles. The minimum absolute atomic E-state index is 0.0901. The summed E-state index contributed by atoms with van der Waals surface area (Å²) in [5.74, 6) is -0.0901. The van der Waals surface area contributed by atoms with Crippen LogP contribution < -0.4 is 0 Å². The molecule has 0 fully saturated rings. The number of H-pyrrole nitrogens is 1. The van der Waals surface area contributed by atoms with Gasteiger partial charge in [0.05, 0.1) is 12.2 Å². The zero-order chi connectivity index (χ0) is 15.8. The molecule has 0 bridgehead atoms. The summed E-state index contributed by atoms with van der Waals surface area (Å²) in [6.45, 7) is 1.16. The summed E-state index contributed by atoms with van der Waals surface area (Å²) < 4.78 is 3.76. The summed E-state index contributed by atoms with van der Waals surface area (Å²) in [6.07, 6.45) is 0.749. The number of hydrogen-bond acceptors (Lipinski definition) is 5. The fraction of sp³-hybridized carbons (Fsp3) is 0.200. The molecule has 1 amide bonds. The normalized spacial score (nSPS) is 13.9. The summed E-state index contributed by atoms with van der Waals surface area (Å²) in [7, 11) is 0. The van der Waals surface area contributed by atoms with Gasteiger partial charge in [0.2, 0.25) is 0 Å². The smallest absolute Gasteiger partial charge is 0.275 e. The van der Waals surface area contributed by atoms with Crippen LogP contribution in [0.2, 0.25) is 5.02 Å². The van der Waals surface area contributed by atoms with Gasteiger partial charge < -0.3 is 4.90 Å². The highest BCUT2D eigenvalue weighted by Crippen LogP contribution is 2.29. The number of rotatable bonds is 2. The van der Waals surface area contributed by atoms with E-state index in [1.165, 1.54) is 11.5 Å². The van der Waals surface area contributed by atoms with Crippen molar-refractivity contribution in [2.45, 2.75) is 13.0 Å². The van der Waals surface area contributed by atoms with Gasteiger partial charge in [0, 0.05) is 40.2 Å². The molecule has 2 aromatic heterocycles. The van der Waals surface area contributed by atoms with Gasteiger partial charge in [0.1, 0.15) is 0 Å². The molecule has 0 saturated heterocycles. The average molecular weight is 346 g/mol. The predicted molar refractivity (Wildman–Crippen MR) is 87.4 cm³/mol. The van der Waals surface area contributed by atoms with Crippen LogP contribution in [0.4, 0.5) is 0 Å². The van der Waals surface area contributed by atoms with E-state index in [9.17, 15) is 4.79 Å². The lowest BCUT2D eigenvalue weighted by atomic mass is 10.0. The average Bonchev–Trinajstić information content (AvgIpc) is 3.24. The van der Waals surface area contributed by atoms with Gasteiger partial charge in [-0.2, -0.15) is 5.10 Å². The van der Waals surface area contributed by atoms with E-state index in [0.29, 0.717) is 23.8 Å². The number of carbonyl (C=O) groups excluding carboxylic acids is 1. The fourth-order valence-electron chi connectivity index (χ4n) is 2.73. The summed E-state index contributed by atoms with van der Waals surface area (Å²) in [6, 6.07) is 7.54. The van der Waals surface area contributed by atoms with Crippen LogP contribution in [-0.4, -0.2) is 37.1 Å². The van der Waals surface area contributed by atoms with Gasteiger partial charge in [-0.05, 0) is 23.7 Å². The molecular weight excluding hydrogens is 334 g/mol. The molecule has 0 spiro atoms. The Balaban J connectivity index is 1.65. The molecule has 0 atom stereocenters. The van der Waals surface area contributed by atoms with Crippen LogP contribution in [-0.2, 0) is 13.0 Å². The van der Waals surface area contributed by atoms with Crippen molar-refractivity contribution in [2.75, 3.05) is 6.54 Å². The highest BCUT2D eigenvalue weighted by molar-refractivity contribution is 7.03. The van der Waals surface area contributed by atoms with Crippen LogP contribution >= 0.6 is 23.1 Å². The topological polar surface area (TPSA) is 74.8 Å². The number of fused-ring (bicyclic) bond motifs is 1. The molecule has 23 heavy (non-hydrogen) atoms. The van der Waals surface area contributed by atoms with Gasteiger partial charge in [-0.3, -0.25) is 9.89 Å². The number of nitrogens with one attached hydrogen (secondary N) is 1. The molecule has 8 heteroatoms. The van der Waals surface area contributed by atoms with Gasteiger partial charge >= 0.3 is 0 Å². The number of hydrogen-bond donors (Lipinski definition) is 1. The molecule has 0 radical (unpaired) electrons. The Hall–Kier alpha value is -2.25. The summed E-state index contributed by atoms with van der Waals surface area (Å²) in [5, 5.41) is 13.7. The zero-order valence-corrected chi connectivity index (χ0v) is 13.6. The number of aromatic amines is 1. The van der Waals surface area contributed by atoms with Crippen LogP contribution in [0.3, 0.4) is 0 Å². The lowest BCUT2D eigenvalue weighted by molar-refractivity contribution is 0.0728. The molecule has 0 saturated carbocycles. The van der Waals surface area contributed by atoms with Crippen LogP contribution in [0.1, 0.15) is 21.7 Å². The van der Waals surface area contributed by atoms with Crippen LogP contribution in [0.15, 0.2) is 29.6 Å². The summed E-state index contributed by atoms with van der Waals surface area (Å²) in [5.41, 5.74) is 4.38. The van der Waals surface area contributed by atoms with Crippen LogP contribution in [0.25, 0.3) is 11.3 Å². The first-order chi connectivity index (χ1) is 11.2. The highest BCUT2D eigenvalue weighted by Gasteiger charge is 2.27. The second kappa shape index (κ2) is 5.75. The van der Waals surface area contributed by atoms with Crippen molar-refractivity contribution in [3.8, 4) is 11.3 Å². The first-order valence-electron chi connectivity index (χ1n) is 7.11. The van der Waals surface area contributed by atoms with Crippen LogP contribution in [0, 0.1) is 0 Å². The first-order valence-corrected chi connectivity index (χ1v) is 8.32. The van der Waals surface area contributed by atoms with Gasteiger partial charge in [-0.1, -0.05) is 28.2 Å². The van der Waals surface area contributed by atoms with E-state index in [2.05, 4.69) is 19.8 Å². The van der Waals surface area contributed by atoms with Gasteiger partial charge in [0.25, 0.3) is 5.91 Å². The fourth-order valence-corrected chi connectivity index (χ4v) is 3.29. The van der Waals surface area contributed by atoms with E-state index < -0.39 is 0 Å². The molecular formula is C15H12ClN5OS. The minimum atomic E-state index is -0.0901. The van der Waals surface area contributed by atoms with E-state index in [0.717, 1.165) is 28.9 Å². The third-order valence-electron chi connectivity index (χ3n) is 3.92. The van der Waals surface area contributed by atoms with Crippen molar-refractivity contribution < 1.29 is 4.79 Å². The molecule has 0 aliphatic carbocycles. The van der Waals surface area contributed by atoms with E-state index in [1.54, 1.807) is 10.3 Å². The van der Waals surface area contributed by atoms with Crippen LogP contribution in [0.5, 0.6) is 0 Å². The minimum Gasteiger partial charge on any atom is -0.332 e. The number of aromatic nitrogens is 4. The Bertz CT molecular complexity index is 843. The van der Waals surface area contributed by atoms with Crippen molar-refractivity contribution in [2.24, 2.45) is 0 Å². The second-order valence-electron chi connectivity index (χ2n) is 5.30. The Morgan fingerprint density at radius 2 is 2.13 bits per heavy atom. The van der Waals surface area contributed by atoms with Crippen molar-refractivity contribution in [3.05, 3.63) is 51.6 Å². The molecule has 1 aromatic carbocycles. The highest BCUT2D eigenvalue weighted by atomic mass is 35.5. The number of amides is 1. The quantitative estimate of drug-likeness (QED) is 0.775. The molecule has 6 nitrogen and oxygen atoms in total. The zero-order valence-electron chi connectivity index (χ0n) is 12.0. The number of halogens is 1. The summed E-state index contributed by atoms with van der Waals surface area (Å²) in [4.78, 5) is 14.3. The second-order valence-corrected chi connectivity index (χ2v) is 6.35. The Kier molecular flexibility index (Phi) is 3.59.